The first-order valence-electron chi connectivity index (χ1n) is 13.4. The van der Waals surface area contributed by atoms with Crippen molar-refractivity contribution in [3.63, 3.8) is 0 Å². The van der Waals surface area contributed by atoms with E-state index < -0.39 is 34.6 Å². The minimum absolute atomic E-state index is 0.000927. The molecule has 8 heteroatoms. The first-order valence-corrected chi connectivity index (χ1v) is 13.4. The lowest BCUT2D eigenvalue weighted by Crippen LogP contribution is -2.60. The van der Waals surface area contributed by atoms with Crippen LogP contribution in [-0.4, -0.2) is 86.6 Å². The molecule has 3 amide bonds. The van der Waals surface area contributed by atoms with Crippen LogP contribution in [0, 0.1) is 11.8 Å². The van der Waals surface area contributed by atoms with Crippen LogP contribution in [0.4, 0.5) is 0 Å². The van der Waals surface area contributed by atoms with E-state index in [1.165, 1.54) is 4.90 Å². The van der Waals surface area contributed by atoms with Gasteiger partial charge >= 0.3 is 0 Å². The molecule has 3 aliphatic rings. The van der Waals surface area contributed by atoms with Gasteiger partial charge in [-0.05, 0) is 46.1 Å². The van der Waals surface area contributed by atoms with E-state index in [4.69, 9.17) is 4.74 Å². The van der Waals surface area contributed by atoms with Crippen LogP contribution in [0.3, 0.4) is 0 Å². The summed E-state index contributed by atoms with van der Waals surface area (Å²) in [6.07, 6.45) is 4.41. The SMILES string of the molecule is C=CCN(Cc1ccccc1)C(=O)[C@@H]1[C@H]2C(=O)N(CCO)C(C(=O)N(CC=C)C(C)(C)C)C23CC[C@@]1(C)O3. The van der Waals surface area contributed by atoms with E-state index in [-0.39, 0.29) is 30.9 Å². The van der Waals surface area contributed by atoms with Gasteiger partial charge in [0.2, 0.25) is 17.7 Å². The van der Waals surface area contributed by atoms with E-state index in [0.29, 0.717) is 32.5 Å². The number of carbonyl (C=O) groups is 3. The third kappa shape index (κ3) is 4.47. The van der Waals surface area contributed by atoms with Gasteiger partial charge in [-0.15, -0.1) is 13.2 Å². The van der Waals surface area contributed by atoms with Crippen LogP contribution in [-0.2, 0) is 25.7 Å². The maximum Gasteiger partial charge on any atom is 0.249 e. The lowest BCUT2D eigenvalue weighted by Gasteiger charge is -2.42. The van der Waals surface area contributed by atoms with Crippen molar-refractivity contribution in [2.24, 2.45) is 11.8 Å². The first kappa shape index (κ1) is 28.0. The predicted molar refractivity (Wildman–Crippen MR) is 145 cm³/mol. The fraction of sp³-hybridized carbons (Fsp3) is 0.567. The molecule has 0 saturated carbocycles. The fourth-order valence-corrected chi connectivity index (χ4v) is 6.79. The molecule has 3 fully saturated rings. The van der Waals surface area contributed by atoms with Gasteiger partial charge in [0, 0.05) is 31.7 Å². The summed E-state index contributed by atoms with van der Waals surface area (Å²) in [5.41, 5.74) is -1.55. The molecular formula is C30H41N3O5. The zero-order valence-corrected chi connectivity index (χ0v) is 23.1. The van der Waals surface area contributed by atoms with E-state index in [1.807, 2.05) is 58.0 Å². The highest BCUT2D eigenvalue weighted by atomic mass is 16.5. The number of benzene rings is 1. The smallest absolute Gasteiger partial charge is 0.249 e. The molecule has 1 aromatic rings. The minimum atomic E-state index is -1.13. The monoisotopic (exact) mass is 523 g/mol. The quantitative estimate of drug-likeness (QED) is 0.477. The van der Waals surface area contributed by atoms with Crippen LogP contribution in [0.2, 0.25) is 0 Å². The van der Waals surface area contributed by atoms with Crippen molar-refractivity contribution in [3.8, 4) is 0 Å². The molecule has 1 N–H and O–H groups in total. The number of nitrogens with zero attached hydrogens (tertiary/aromatic N) is 3. The Morgan fingerprint density at radius 1 is 1.13 bits per heavy atom. The average molecular weight is 524 g/mol. The standard InChI is InChI=1S/C30H41N3O5/c1-7-16-31(20-21-12-10-9-11-13-21)25(35)22-23-26(36)32(18-19-34)24(30(23)15-14-29(22,6)38-30)27(37)33(17-8-2)28(3,4)5/h7-13,22-24,34H,1-2,14-20H2,3-6H3/t22-,23-,24?,29+,30?/m0/s1. The fourth-order valence-electron chi connectivity index (χ4n) is 6.79. The first-order chi connectivity index (χ1) is 17.9. The Kier molecular flexibility index (Phi) is 7.60. The third-order valence-electron chi connectivity index (χ3n) is 8.38. The third-order valence-corrected chi connectivity index (χ3v) is 8.38. The van der Waals surface area contributed by atoms with Gasteiger partial charge < -0.3 is 24.5 Å². The number of β-amino-alcohol motifs (C(OH)–C–C–N with tert-alkyl or cyclic N) is 1. The Bertz CT molecular complexity index is 1100. The molecule has 1 spiro atoms. The highest BCUT2D eigenvalue weighted by Crippen LogP contribution is 2.63. The Morgan fingerprint density at radius 2 is 1.79 bits per heavy atom. The summed E-state index contributed by atoms with van der Waals surface area (Å²) >= 11 is 0. The van der Waals surface area contributed by atoms with Gasteiger partial charge in [0.15, 0.2) is 0 Å². The van der Waals surface area contributed by atoms with E-state index in [9.17, 15) is 19.5 Å². The van der Waals surface area contributed by atoms with E-state index in [0.717, 1.165) is 5.56 Å². The second-order valence-corrected chi connectivity index (χ2v) is 11.9. The number of ether oxygens (including phenoxy) is 1. The Hall–Kier alpha value is -2.97. The maximum atomic E-state index is 14.2. The highest BCUT2D eigenvalue weighted by Gasteiger charge is 2.78. The molecular weight excluding hydrogens is 482 g/mol. The number of rotatable bonds is 10. The number of aliphatic hydroxyl groups is 1. The van der Waals surface area contributed by atoms with Crippen LogP contribution in [0.1, 0.15) is 46.1 Å². The van der Waals surface area contributed by atoms with Crippen molar-refractivity contribution in [1.29, 1.82) is 0 Å². The molecule has 0 aliphatic carbocycles. The highest BCUT2D eigenvalue weighted by molar-refractivity contribution is 5.99. The van der Waals surface area contributed by atoms with Gasteiger partial charge in [0.25, 0.3) is 0 Å². The van der Waals surface area contributed by atoms with Crippen molar-refractivity contribution in [2.75, 3.05) is 26.2 Å². The minimum Gasteiger partial charge on any atom is -0.395 e. The van der Waals surface area contributed by atoms with Gasteiger partial charge in [0.05, 0.1) is 24.0 Å². The molecule has 5 atom stereocenters. The zero-order valence-electron chi connectivity index (χ0n) is 23.1. The summed E-state index contributed by atoms with van der Waals surface area (Å²) in [5, 5.41) is 9.86. The molecule has 3 heterocycles. The van der Waals surface area contributed by atoms with Crippen molar-refractivity contribution < 1.29 is 24.2 Å². The number of hydrogen-bond donors (Lipinski definition) is 1. The van der Waals surface area contributed by atoms with Crippen molar-refractivity contribution >= 4 is 17.7 Å². The normalized spacial score (nSPS) is 29.8. The Balaban J connectivity index is 1.75. The summed E-state index contributed by atoms with van der Waals surface area (Å²) in [6, 6.07) is 8.78. The van der Waals surface area contributed by atoms with Crippen molar-refractivity contribution in [2.45, 2.75) is 69.9 Å². The van der Waals surface area contributed by atoms with Gasteiger partial charge in [-0.1, -0.05) is 42.5 Å². The van der Waals surface area contributed by atoms with E-state index in [1.54, 1.807) is 22.0 Å². The van der Waals surface area contributed by atoms with E-state index >= 15 is 0 Å². The van der Waals surface area contributed by atoms with Crippen LogP contribution in [0.15, 0.2) is 55.6 Å². The van der Waals surface area contributed by atoms with Crippen LogP contribution in [0.5, 0.6) is 0 Å². The molecule has 2 unspecified atom stereocenters. The lowest BCUT2D eigenvalue weighted by atomic mass is 9.66. The second kappa shape index (κ2) is 10.3. The topological polar surface area (TPSA) is 90.4 Å². The predicted octanol–water partition coefficient (Wildman–Crippen LogP) is 2.77. The summed E-state index contributed by atoms with van der Waals surface area (Å²) < 4.78 is 6.71. The maximum absolute atomic E-state index is 14.2. The van der Waals surface area contributed by atoms with Crippen LogP contribution >= 0.6 is 0 Å². The molecule has 0 aromatic heterocycles. The van der Waals surface area contributed by atoms with Crippen molar-refractivity contribution in [3.05, 3.63) is 61.2 Å². The van der Waals surface area contributed by atoms with Gasteiger partial charge in [-0.25, -0.2) is 0 Å². The number of carbonyl (C=O) groups excluding carboxylic acids is 3. The summed E-state index contributed by atoms with van der Waals surface area (Å²) in [4.78, 5) is 47.4. The molecule has 8 nitrogen and oxygen atoms in total. The average Bonchev–Trinajstić information content (AvgIpc) is 3.42. The number of hydrogen-bond acceptors (Lipinski definition) is 5. The number of amides is 3. The largest absolute Gasteiger partial charge is 0.395 e. The van der Waals surface area contributed by atoms with E-state index in [2.05, 4.69) is 13.2 Å². The van der Waals surface area contributed by atoms with Gasteiger partial charge in [-0.3, -0.25) is 14.4 Å². The molecule has 1 aromatic carbocycles. The molecule has 206 valence electrons. The zero-order chi connectivity index (χ0) is 27.9. The lowest BCUT2D eigenvalue weighted by molar-refractivity contribution is -0.156. The summed E-state index contributed by atoms with van der Waals surface area (Å²) in [6.45, 7) is 16.1. The number of aliphatic hydroxyl groups excluding tert-OH is 1. The van der Waals surface area contributed by atoms with Crippen molar-refractivity contribution in [1.82, 2.24) is 14.7 Å². The molecule has 4 rings (SSSR count). The summed E-state index contributed by atoms with van der Waals surface area (Å²) in [7, 11) is 0. The Morgan fingerprint density at radius 3 is 2.37 bits per heavy atom. The molecule has 3 saturated heterocycles. The molecule has 2 bridgehead atoms. The van der Waals surface area contributed by atoms with Gasteiger partial charge in [-0.2, -0.15) is 0 Å². The number of likely N-dealkylation sites (tertiary alicyclic amines) is 1. The van der Waals surface area contributed by atoms with Crippen LogP contribution < -0.4 is 0 Å². The van der Waals surface area contributed by atoms with Gasteiger partial charge in [0.1, 0.15) is 11.6 Å². The second-order valence-electron chi connectivity index (χ2n) is 11.9. The summed E-state index contributed by atoms with van der Waals surface area (Å²) in [5.74, 6) is -2.26. The Labute approximate surface area is 225 Å². The molecule has 3 aliphatic heterocycles. The number of fused-ring (bicyclic) bond motifs is 1. The molecule has 38 heavy (non-hydrogen) atoms. The van der Waals surface area contributed by atoms with Crippen LogP contribution in [0.25, 0.3) is 0 Å². The molecule has 0 radical (unpaired) electrons.